The maximum absolute atomic E-state index is 12.8. The number of fused-ring (bicyclic) bond motifs is 1. The summed E-state index contributed by atoms with van der Waals surface area (Å²) in [6.45, 7) is 1.40. The van der Waals surface area contributed by atoms with Crippen LogP contribution in [0.4, 0.5) is 0 Å². The van der Waals surface area contributed by atoms with Crippen LogP contribution in [0, 0.1) is 0 Å². The molecule has 29 heavy (non-hydrogen) atoms. The fraction of sp³-hybridized carbons (Fsp3) is 0.318. The van der Waals surface area contributed by atoms with Gasteiger partial charge in [-0.3, -0.25) is 4.79 Å². The summed E-state index contributed by atoms with van der Waals surface area (Å²) in [5.74, 6) is 1.52. The second-order valence-corrected chi connectivity index (χ2v) is 8.48. The highest BCUT2D eigenvalue weighted by molar-refractivity contribution is 7.13. The highest BCUT2D eigenvalue weighted by atomic mass is 32.1. The first-order chi connectivity index (χ1) is 14.2. The zero-order valence-electron chi connectivity index (χ0n) is 16.2. The minimum atomic E-state index is 0.123. The molecule has 148 valence electrons. The molecule has 6 nitrogen and oxygen atoms in total. The third-order valence-corrected chi connectivity index (χ3v) is 6.51. The first kappa shape index (κ1) is 18.1. The summed E-state index contributed by atoms with van der Waals surface area (Å²) in [7, 11) is 2.05. The van der Waals surface area contributed by atoms with E-state index in [1.165, 1.54) is 16.5 Å². The molecule has 0 radical (unpaired) electrons. The van der Waals surface area contributed by atoms with Crippen LogP contribution in [0.15, 0.2) is 52.4 Å². The van der Waals surface area contributed by atoms with E-state index in [2.05, 4.69) is 33.1 Å². The SMILES string of the molecule is Cn1cc(CCC(=O)N2CCC(c3nnc(-c4cccs4)o3)C2)c2ccccc21. The summed E-state index contributed by atoms with van der Waals surface area (Å²) in [5.41, 5.74) is 2.43. The minimum absolute atomic E-state index is 0.123. The van der Waals surface area contributed by atoms with E-state index in [0.717, 1.165) is 24.3 Å². The van der Waals surface area contributed by atoms with Gasteiger partial charge in [0.1, 0.15) is 0 Å². The van der Waals surface area contributed by atoms with Crippen LogP contribution < -0.4 is 0 Å². The van der Waals surface area contributed by atoms with E-state index >= 15 is 0 Å². The van der Waals surface area contributed by atoms with Gasteiger partial charge >= 0.3 is 0 Å². The van der Waals surface area contributed by atoms with Crippen LogP contribution in [0.2, 0.25) is 0 Å². The average molecular weight is 407 g/mol. The lowest BCUT2D eigenvalue weighted by Crippen LogP contribution is -2.28. The molecule has 1 fully saturated rings. The molecule has 0 spiro atoms. The molecule has 1 aliphatic rings. The summed E-state index contributed by atoms with van der Waals surface area (Å²) < 4.78 is 7.99. The Morgan fingerprint density at radius 3 is 3.00 bits per heavy atom. The molecule has 1 saturated heterocycles. The Morgan fingerprint density at radius 1 is 1.24 bits per heavy atom. The molecule has 5 rings (SSSR count). The van der Waals surface area contributed by atoms with Crippen LogP contribution in [0.25, 0.3) is 21.7 Å². The van der Waals surface area contributed by atoms with Crippen molar-refractivity contribution < 1.29 is 9.21 Å². The van der Waals surface area contributed by atoms with Crippen molar-refractivity contribution in [2.45, 2.75) is 25.2 Å². The zero-order chi connectivity index (χ0) is 19.8. The Hall–Kier alpha value is -2.93. The van der Waals surface area contributed by atoms with Crippen molar-refractivity contribution in [3.8, 4) is 10.8 Å². The van der Waals surface area contributed by atoms with Gasteiger partial charge < -0.3 is 13.9 Å². The number of para-hydroxylation sites is 1. The highest BCUT2D eigenvalue weighted by Crippen LogP contribution is 2.30. The Labute approximate surface area is 172 Å². The number of hydrogen-bond acceptors (Lipinski definition) is 5. The van der Waals surface area contributed by atoms with Gasteiger partial charge in [0.15, 0.2) is 0 Å². The molecular formula is C22H22N4O2S. The van der Waals surface area contributed by atoms with Crippen LogP contribution >= 0.6 is 11.3 Å². The standard InChI is InChI=1S/C22H22N4O2S/c1-25-13-15(17-5-2-3-6-18(17)25)8-9-20(27)26-11-10-16(14-26)21-23-24-22(28-21)19-7-4-12-29-19/h2-7,12-13,16H,8-11,14H2,1H3. The number of thiophene rings is 1. The van der Waals surface area contributed by atoms with E-state index in [1.807, 2.05) is 41.6 Å². The van der Waals surface area contributed by atoms with Gasteiger partial charge in [0, 0.05) is 43.7 Å². The second kappa shape index (κ2) is 7.48. The van der Waals surface area contributed by atoms with Crippen LogP contribution in [-0.4, -0.2) is 38.7 Å². The van der Waals surface area contributed by atoms with E-state index in [4.69, 9.17) is 4.42 Å². The van der Waals surface area contributed by atoms with Crippen molar-refractivity contribution in [2.75, 3.05) is 13.1 Å². The predicted octanol–water partition coefficient (Wildman–Crippen LogP) is 4.24. The van der Waals surface area contributed by atoms with E-state index < -0.39 is 0 Å². The number of aryl methyl sites for hydroxylation is 2. The van der Waals surface area contributed by atoms with Crippen molar-refractivity contribution in [3.05, 3.63) is 59.4 Å². The van der Waals surface area contributed by atoms with E-state index in [0.29, 0.717) is 24.7 Å². The lowest BCUT2D eigenvalue weighted by Gasteiger charge is -2.15. The van der Waals surface area contributed by atoms with Gasteiger partial charge in [-0.1, -0.05) is 24.3 Å². The number of hydrogen-bond donors (Lipinski definition) is 0. The van der Waals surface area contributed by atoms with E-state index in [-0.39, 0.29) is 11.8 Å². The minimum Gasteiger partial charge on any atom is -0.420 e. The molecule has 0 saturated carbocycles. The summed E-state index contributed by atoms with van der Waals surface area (Å²) in [4.78, 5) is 15.7. The predicted molar refractivity (Wildman–Crippen MR) is 113 cm³/mol. The van der Waals surface area contributed by atoms with Crippen molar-refractivity contribution in [2.24, 2.45) is 7.05 Å². The molecule has 1 aliphatic heterocycles. The Balaban J connectivity index is 1.22. The van der Waals surface area contributed by atoms with Gasteiger partial charge in [-0.2, -0.15) is 0 Å². The molecule has 1 amide bonds. The molecule has 3 aromatic heterocycles. The van der Waals surface area contributed by atoms with Crippen molar-refractivity contribution in [1.29, 1.82) is 0 Å². The second-order valence-electron chi connectivity index (χ2n) is 7.53. The number of nitrogens with zero attached hydrogens (tertiary/aromatic N) is 4. The number of amides is 1. The first-order valence-electron chi connectivity index (χ1n) is 9.87. The fourth-order valence-electron chi connectivity index (χ4n) is 4.11. The number of rotatable bonds is 5. The quantitative estimate of drug-likeness (QED) is 0.497. The van der Waals surface area contributed by atoms with E-state index in [1.54, 1.807) is 11.3 Å². The lowest BCUT2D eigenvalue weighted by atomic mass is 10.1. The molecule has 0 N–H and O–H groups in total. The third-order valence-electron chi connectivity index (χ3n) is 5.65. The average Bonchev–Trinajstić information content (AvgIpc) is 3.52. The summed E-state index contributed by atoms with van der Waals surface area (Å²) in [6.07, 6.45) is 4.27. The molecule has 0 aliphatic carbocycles. The maximum Gasteiger partial charge on any atom is 0.257 e. The van der Waals surface area contributed by atoms with Gasteiger partial charge in [-0.05, 0) is 35.9 Å². The smallest absolute Gasteiger partial charge is 0.257 e. The molecule has 4 aromatic rings. The molecule has 0 bridgehead atoms. The normalized spacial score (nSPS) is 16.7. The zero-order valence-corrected chi connectivity index (χ0v) is 17.1. The van der Waals surface area contributed by atoms with Crippen molar-refractivity contribution in [3.63, 3.8) is 0 Å². The third kappa shape index (κ3) is 3.46. The van der Waals surface area contributed by atoms with Gasteiger partial charge in [-0.25, -0.2) is 0 Å². The summed E-state index contributed by atoms with van der Waals surface area (Å²) >= 11 is 1.58. The Morgan fingerprint density at radius 2 is 2.14 bits per heavy atom. The number of likely N-dealkylation sites (tertiary alicyclic amines) is 1. The summed E-state index contributed by atoms with van der Waals surface area (Å²) in [5, 5.41) is 11.6. The molecular weight excluding hydrogens is 384 g/mol. The fourth-order valence-corrected chi connectivity index (χ4v) is 4.76. The van der Waals surface area contributed by atoms with Crippen LogP contribution in [0.3, 0.4) is 0 Å². The number of benzene rings is 1. The van der Waals surface area contributed by atoms with Crippen molar-refractivity contribution in [1.82, 2.24) is 19.7 Å². The Bertz CT molecular complexity index is 1140. The van der Waals surface area contributed by atoms with Crippen molar-refractivity contribution >= 4 is 28.1 Å². The first-order valence-corrected chi connectivity index (χ1v) is 10.7. The van der Waals surface area contributed by atoms with Gasteiger partial charge in [0.2, 0.25) is 11.8 Å². The van der Waals surface area contributed by atoms with Gasteiger partial charge in [0.25, 0.3) is 5.89 Å². The lowest BCUT2D eigenvalue weighted by molar-refractivity contribution is -0.130. The topological polar surface area (TPSA) is 64.2 Å². The van der Waals surface area contributed by atoms with Crippen LogP contribution in [0.5, 0.6) is 0 Å². The monoisotopic (exact) mass is 406 g/mol. The molecule has 4 heterocycles. The summed E-state index contributed by atoms with van der Waals surface area (Å²) in [6, 6.07) is 12.3. The molecule has 1 aromatic carbocycles. The van der Waals surface area contributed by atoms with Crippen LogP contribution in [0.1, 0.15) is 30.2 Å². The molecule has 1 atom stereocenters. The number of carbonyl (C=O) groups is 1. The number of carbonyl (C=O) groups excluding carboxylic acids is 1. The van der Waals surface area contributed by atoms with Gasteiger partial charge in [0.05, 0.1) is 10.8 Å². The molecule has 7 heteroatoms. The van der Waals surface area contributed by atoms with E-state index in [9.17, 15) is 4.79 Å². The largest absolute Gasteiger partial charge is 0.420 e. The highest BCUT2D eigenvalue weighted by Gasteiger charge is 2.31. The van der Waals surface area contributed by atoms with Gasteiger partial charge in [-0.15, -0.1) is 21.5 Å². The number of aromatic nitrogens is 3. The Kier molecular flexibility index (Phi) is 4.67. The molecule has 1 unspecified atom stereocenters. The van der Waals surface area contributed by atoms with Crippen LogP contribution in [-0.2, 0) is 18.3 Å². The maximum atomic E-state index is 12.8.